The van der Waals surface area contributed by atoms with Crippen LogP contribution in [0.5, 0.6) is 0 Å². The van der Waals surface area contributed by atoms with Crippen LogP contribution in [0.15, 0.2) is 63.9 Å². The minimum Gasteiger partial charge on any atom is -0.290 e. The molecule has 1 aromatic heterocycles. The minimum atomic E-state index is -0.113. The van der Waals surface area contributed by atoms with Crippen LogP contribution < -0.4 is 5.56 Å². The summed E-state index contributed by atoms with van der Waals surface area (Å²) in [7, 11) is 0. The van der Waals surface area contributed by atoms with Gasteiger partial charge >= 0.3 is 0 Å². The fraction of sp³-hybridized carbons (Fsp3) is 0.158. The Morgan fingerprint density at radius 2 is 1.84 bits per heavy atom. The first kappa shape index (κ1) is 18.2. The van der Waals surface area contributed by atoms with Crippen LogP contribution in [-0.2, 0) is 0 Å². The number of benzene rings is 2. The van der Waals surface area contributed by atoms with Crippen molar-refractivity contribution in [3.63, 3.8) is 0 Å². The lowest BCUT2D eigenvalue weighted by Crippen LogP contribution is -2.19. The number of thioether (sulfide) groups is 1. The third kappa shape index (κ3) is 3.97. The summed E-state index contributed by atoms with van der Waals surface area (Å²) in [6.45, 7) is 2.10. The number of rotatable bonds is 5. The molecule has 0 atom stereocenters. The highest BCUT2D eigenvalue weighted by Gasteiger charge is 2.20. The van der Waals surface area contributed by atoms with Crippen molar-refractivity contribution in [1.29, 1.82) is 0 Å². The van der Waals surface area contributed by atoms with Crippen molar-refractivity contribution >= 4 is 44.1 Å². The molecule has 0 fully saturated rings. The van der Waals surface area contributed by atoms with Gasteiger partial charge in [-0.1, -0.05) is 65.4 Å². The van der Waals surface area contributed by atoms with E-state index in [0.29, 0.717) is 9.76 Å². The summed E-state index contributed by atoms with van der Waals surface area (Å²) in [4.78, 5) is 13.1. The van der Waals surface area contributed by atoms with E-state index < -0.39 is 0 Å². The smallest absolute Gasteiger partial charge is 0.281 e. The number of nitrogens with zero attached hydrogens (tertiary/aromatic N) is 1. The molecule has 0 aliphatic carbocycles. The predicted octanol–water partition coefficient (Wildman–Crippen LogP) is 5.41. The number of halogens is 1. The van der Waals surface area contributed by atoms with Gasteiger partial charge in [0.2, 0.25) is 0 Å². The van der Waals surface area contributed by atoms with Gasteiger partial charge in [-0.2, -0.15) is 0 Å². The Kier molecular flexibility index (Phi) is 5.93. The SMILES string of the molecule is CCCSC(=S)c1c(-c2ccc(Br)cc2)[nH]n(-c2ccccc2)c1=O. The van der Waals surface area contributed by atoms with Crippen molar-refractivity contribution in [2.45, 2.75) is 13.3 Å². The van der Waals surface area contributed by atoms with Crippen molar-refractivity contribution in [2.24, 2.45) is 0 Å². The number of H-pyrrole nitrogens is 1. The van der Waals surface area contributed by atoms with Crippen LogP contribution in [0.4, 0.5) is 0 Å². The van der Waals surface area contributed by atoms with Gasteiger partial charge in [-0.3, -0.25) is 9.89 Å². The zero-order valence-corrected chi connectivity index (χ0v) is 16.9. The average Bonchev–Trinajstić information content (AvgIpc) is 2.98. The molecule has 0 bridgehead atoms. The number of aromatic nitrogens is 2. The quantitative estimate of drug-likeness (QED) is 0.547. The zero-order chi connectivity index (χ0) is 17.8. The highest BCUT2D eigenvalue weighted by molar-refractivity contribution is 9.10. The molecule has 0 saturated heterocycles. The second-order valence-electron chi connectivity index (χ2n) is 5.48. The summed E-state index contributed by atoms with van der Waals surface area (Å²) in [6, 6.07) is 17.4. The van der Waals surface area contributed by atoms with E-state index in [2.05, 4.69) is 28.0 Å². The fourth-order valence-corrected chi connectivity index (χ4v) is 3.90. The van der Waals surface area contributed by atoms with Gasteiger partial charge in [0, 0.05) is 10.0 Å². The van der Waals surface area contributed by atoms with E-state index in [1.54, 1.807) is 16.4 Å². The van der Waals surface area contributed by atoms with Crippen LogP contribution in [0.25, 0.3) is 16.9 Å². The predicted molar refractivity (Wildman–Crippen MR) is 114 cm³/mol. The molecular formula is C19H17BrN2OS2. The second kappa shape index (κ2) is 8.17. The topological polar surface area (TPSA) is 37.8 Å². The Bertz CT molecular complexity index is 930. The number of hydrogen-bond acceptors (Lipinski definition) is 3. The molecule has 0 radical (unpaired) electrons. The molecule has 0 unspecified atom stereocenters. The van der Waals surface area contributed by atoms with Gasteiger partial charge in [-0.15, -0.1) is 11.8 Å². The number of para-hydroxylation sites is 1. The van der Waals surface area contributed by atoms with Gasteiger partial charge in [-0.05, 0) is 36.4 Å². The molecule has 0 aliphatic rings. The third-order valence-corrected chi connectivity index (χ3v) is 5.84. The van der Waals surface area contributed by atoms with Crippen molar-refractivity contribution in [3.8, 4) is 16.9 Å². The summed E-state index contributed by atoms with van der Waals surface area (Å²) >= 11 is 10.6. The van der Waals surface area contributed by atoms with Crippen LogP contribution in [0.1, 0.15) is 18.9 Å². The number of nitrogens with one attached hydrogen (secondary N) is 1. The number of hydrogen-bond donors (Lipinski definition) is 1. The maximum absolute atomic E-state index is 13.1. The second-order valence-corrected chi connectivity index (χ2v) is 8.17. The Morgan fingerprint density at radius 1 is 1.16 bits per heavy atom. The van der Waals surface area contributed by atoms with E-state index in [4.69, 9.17) is 12.2 Å². The zero-order valence-electron chi connectivity index (χ0n) is 13.7. The third-order valence-electron chi connectivity index (χ3n) is 3.68. The Hall–Kier alpha value is -1.63. The molecule has 3 nitrogen and oxygen atoms in total. The normalized spacial score (nSPS) is 10.8. The molecular weight excluding hydrogens is 416 g/mol. The summed E-state index contributed by atoms with van der Waals surface area (Å²) in [6.07, 6.45) is 1.01. The molecule has 0 amide bonds. The molecule has 0 aliphatic heterocycles. The molecule has 25 heavy (non-hydrogen) atoms. The van der Waals surface area contributed by atoms with Crippen molar-refractivity contribution in [3.05, 3.63) is 75.0 Å². The van der Waals surface area contributed by atoms with Crippen LogP contribution in [0.2, 0.25) is 0 Å². The first-order chi connectivity index (χ1) is 12.1. The molecule has 128 valence electrons. The van der Waals surface area contributed by atoms with E-state index >= 15 is 0 Å². The fourth-order valence-electron chi connectivity index (χ4n) is 2.48. The summed E-state index contributed by atoms with van der Waals surface area (Å²) < 4.78 is 3.19. The van der Waals surface area contributed by atoms with E-state index in [0.717, 1.165) is 33.6 Å². The van der Waals surface area contributed by atoms with Gasteiger partial charge in [-0.25, -0.2) is 4.68 Å². The summed E-state index contributed by atoms with van der Waals surface area (Å²) in [5, 5.41) is 3.25. The monoisotopic (exact) mass is 432 g/mol. The number of aromatic amines is 1. The van der Waals surface area contributed by atoms with Crippen molar-refractivity contribution < 1.29 is 0 Å². The standard InChI is InChI=1S/C19H17BrN2OS2/c1-2-12-25-19(24)16-17(13-8-10-14(20)11-9-13)21-22(18(16)23)15-6-4-3-5-7-15/h3-11,21H,2,12H2,1H3. The first-order valence-corrected chi connectivity index (χ1v) is 10.1. The van der Waals surface area contributed by atoms with E-state index in [-0.39, 0.29) is 5.56 Å². The van der Waals surface area contributed by atoms with Crippen molar-refractivity contribution in [2.75, 3.05) is 5.75 Å². The molecule has 2 aromatic carbocycles. The largest absolute Gasteiger partial charge is 0.290 e. The van der Waals surface area contributed by atoms with Gasteiger partial charge in [0.25, 0.3) is 5.56 Å². The van der Waals surface area contributed by atoms with Crippen molar-refractivity contribution in [1.82, 2.24) is 9.78 Å². The Morgan fingerprint density at radius 3 is 2.48 bits per heavy atom. The van der Waals surface area contributed by atoms with Crippen LogP contribution >= 0.6 is 39.9 Å². The molecule has 1 heterocycles. The van der Waals surface area contributed by atoms with Gasteiger partial charge in [0.15, 0.2) is 0 Å². The molecule has 1 N–H and O–H groups in total. The Labute approximate surface area is 164 Å². The molecule has 3 aromatic rings. The van der Waals surface area contributed by atoms with Gasteiger partial charge in [0.1, 0.15) is 0 Å². The maximum atomic E-state index is 13.1. The average molecular weight is 433 g/mol. The summed E-state index contributed by atoms with van der Waals surface area (Å²) in [5.41, 5.74) is 2.94. The highest BCUT2D eigenvalue weighted by Crippen LogP contribution is 2.26. The maximum Gasteiger partial charge on any atom is 0.281 e. The van der Waals surface area contributed by atoms with Crippen LogP contribution in [-0.4, -0.2) is 19.7 Å². The summed E-state index contributed by atoms with van der Waals surface area (Å²) in [5.74, 6) is 0.897. The Balaban J connectivity index is 2.16. The lowest BCUT2D eigenvalue weighted by Gasteiger charge is -2.04. The van der Waals surface area contributed by atoms with E-state index in [9.17, 15) is 4.79 Å². The molecule has 0 saturated carbocycles. The minimum absolute atomic E-state index is 0.113. The highest BCUT2D eigenvalue weighted by atomic mass is 79.9. The van der Waals surface area contributed by atoms with Crippen LogP contribution in [0, 0.1) is 0 Å². The molecule has 0 spiro atoms. The van der Waals surface area contributed by atoms with Crippen LogP contribution in [0.3, 0.4) is 0 Å². The van der Waals surface area contributed by atoms with E-state index in [1.807, 2.05) is 54.6 Å². The molecule has 3 rings (SSSR count). The lowest BCUT2D eigenvalue weighted by atomic mass is 10.1. The first-order valence-electron chi connectivity index (χ1n) is 7.95. The molecule has 6 heteroatoms. The lowest BCUT2D eigenvalue weighted by molar-refractivity contribution is 0.852. The van der Waals surface area contributed by atoms with Gasteiger partial charge < -0.3 is 0 Å². The van der Waals surface area contributed by atoms with E-state index in [1.165, 1.54) is 0 Å². The van der Waals surface area contributed by atoms with Gasteiger partial charge in [0.05, 0.1) is 21.1 Å². The number of thiocarbonyl (C=S) groups is 1.